The molecule has 0 fully saturated rings. The predicted molar refractivity (Wildman–Crippen MR) is 122 cm³/mol. The van der Waals surface area contributed by atoms with Gasteiger partial charge in [-0.3, -0.25) is 4.18 Å². The Labute approximate surface area is 182 Å². The molecule has 0 saturated heterocycles. The summed E-state index contributed by atoms with van der Waals surface area (Å²) in [7, 11) is -3.82. The highest BCUT2D eigenvalue weighted by molar-refractivity contribution is 7.86. The average Bonchev–Trinajstić information content (AvgIpc) is 3.21. The van der Waals surface area contributed by atoms with E-state index in [0.29, 0.717) is 6.42 Å². The van der Waals surface area contributed by atoms with E-state index in [1.807, 2.05) is 37.3 Å². The average molecular weight is 431 g/mol. The second-order valence-electron chi connectivity index (χ2n) is 7.85. The molecule has 5 heteroatoms. The van der Waals surface area contributed by atoms with Gasteiger partial charge in [0.05, 0.1) is 4.90 Å². The van der Waals surface area contributed by atoms with Crippen molar-refractivity contribution in [3.05, 3.63) is 96.1 Å². The lowest BCUT2D eigenvalue weighted by Crippen LogP contribution is -2.23. The van der Waals surface area contributed by atoms with E-state index in [9.17, 15) is 8.42 Å². The summed E-state index contributed by atoms with van der Waals surface area (Å²) in [5.74, 6) is 0.805. The molecule has 4 aromatic rings. The maximum absolute atomic E-state index is 12.5. The van der Waals surface area contributed by atoms with Crippen LogP contribution < -0.4 is 4.74 Å². The molecule has 4 aromatic carbocycles. The van der Waals surface area contributed by atoms with Crippen LogP contribution in [0.3, 0.4) is 0 Å². The first-order valence-electron chi connectivity index (χ1n) is 10.2. The van der Waals surface area contributed by atoms with Gasteiger partial charge in [-0.25, -0.2) is 0 Å². The summed E-state index contributed by atoms with van der Waals surface area (Å²) in [6, 6.07) is 27.3. The zero-order chi connectivity index (χ0) is 21.4. The molecule has 156 valence electrons. The molecule has 0 aromatic heterocycles. The van der Waals surface area contributed by atoms with Crippen LogP contribution in [0.4, 0.5) is 0 Å². The molecule has 0 N–H and O–H groups in total. The third-order valence-corrected chi connectivity index (χ3v) is 6.90. The fourth-order valence-corrected chi connectivity index (χ4v) is 4.89. The number of hydrogen-bond donors (Lipinski definition) is 0. The molecular weight excluding hydrogens is 408 g/mol. The Morgan fingerprint density at radius 2 is 1.68 bits per heavy atom. The topological polar surface area (TPSA) is 52.6 Å². The van der Waals surface area contributed by atoms with Crippen molar-refractivity contribution < 1.29 is 17.3 Å². The zero-order valence-corrected chi connectivity index (χ0v) is 17.9. The molecule has 1 atom stereocenters. The van der Waals surface area contributed by atoms with Gasteiger partial charge < -0.3 is 4.74 Å². The maximum Gasteiger partial charge on any atom is 0.297 e. The highest BCUT2D eigenvalue weighted by Gasteiger charge is 2.28. The van der Waals surface area contributed by atoms with E-state index in [1.54, 1.807) is 24.3 Å². The van der Waals surface area contributed by atoms with Gasteiger partial charge in [-0.15, -0.1) is 0 Å². The van der Waals surface area contributed by atoms with Crippen molar-refractivity contribution in [1.29, 1.82) is 0 Å². The van der Waals surface area contributed by atoms with Gasteiger partial charge in [-0.2, -0.15) is 8.42 Å². The van der Waals surface area contributed by atoms with Gasteiger partial charge in [0.2, 0.25) is 0 Å². The number of rotatable bonds is 5. The van der Waals surface area contributed by atoms with Gasteiger partial charge in [-0.05, 0) is 47.0 Å². The fraction of sp³-hybridized carbons (Fsp3) is 0.154. The van der Waals surface area contributed by atoms with Crippen LogP contribution in [-0.2, 0) is 20.7 Å². The highest BCUT2D eigenvalue weighted by Crippen LogP contribution is 2.39. The molecule has 0 aliphatic carbocycles. The van der Waals surface area contributed by atoms with Crippen LogP contribution in [0, 0.1) is 6.92 Å². The van der Waals surface area contributed by atoms with Gasteiger partial charge in [0.1, 0.15) is 18.5 Å². The van der Waals surface area contributed by atoms with Gasteiger partial charge in [0.15, 0.2) is 0 Å². The number of hydrogen-bond acceptors (Lipinski definition) is 4. The van der Waals surface area contributed by atoms with Crippen LogP contribution >= 0.6 is 0 Å². The Morgan fingerprint density at radius 1 is 0.903 bits per heavy atom. The summed E-state index contributed by atoms with van der Waals surface area (Å²) >= 11 is 0. The molecule has 1 unspecified atom stereocenters. The lowest BCUT2D eigenvalue weighted by molar-refractivity contribution is 0.152. The second kappa shape index (κ2) is 7.84. The zero-order valence-electron chi connectivity index (χ0n) is 17.1. The number of aryl methyl sites for hydroxylation is 1. The Balaban J connectivity index is 1.36. The van der Waals surface area contributed by atoms with Crippen LogP contribution in [0.2, 0.25) is 0 Å². The number of para-hydroxylation sites is 1. The molecule has 0 spiro atoms. The summed E-state index contributed by atoms with van der Waals surface area (Å²) in [4.78, 5) is 0.158. The molecule has 0 bridgehead atoms. The maximum atomic E-state index is 12.5. The largest absolute Gasteiger partial charge is 0.487 e. The molecule has 0 radical (unpaired) electrons. The molecule has 1 heterocycles. The van der Waals surface area contributed by atoms with Gasteiger partial charge in [0, 0.05) is 12.0 Å². The SMILES string of the molecule is Cc1ccc(S(=O)(=O)OCC2Cc3cccc(-c4ccc5ccccc5c4)c3O2)cc1. The molecule has 1 aliphatic heterocycles. The monoisotopic (exact) mass is 430 g/mol. The van der Waals surface area contributed by atoms with Crippen LogP contribution in [0.5, 0.6) is 5.75 Å². The van der Waals surface area contributed by atoms with Crippen molar-refractivity contribution in [1.82, 2.24) is 0 Å². The van der Waals surface area contributed by atoms with E-state index in [-0.39, 0.29) is 17.6 Å². The van der Waals surface area contributed by atoms with E-state index >= 15 is 0 Å². The highest BCUT2D eigenvalue weighted by atomic mass is 32.2. The molecule has 31 heavy (non-hydrogen) atoms. The smallest absolute Gasteiger partial charge is 0.297 e. The Bertz CT molecular complexity index is 1360. The van der Waals surface area contributed by atoms with E-state index in [0.717, 1.165) is 28.0 Å². The third kappa shape index (κ3) is 3.94. The number of fused-ring (bicyclic) bond motifs is 2. The molecule has 0 saturated carbocycles. The summed E-state index contributed by atoms with van der Waals surface area (Å²) in [6.45, 7) is 1.88. The van der Waals surface area contributed by atoms with E-state index in [4.69, 9.17) is 8.92 Å². The first-order chi connectivity index (χ1) is 15.0. The van der Waals surface area contributed by atoms with E-state index in [1.165, 1.54) is 10.8 Å². The molecule has 5 rings (SSSR count). The van der Waals surface area contributed by atoms with Crippen molar-refractivity contribution in [2.24, 2.45) is 0 Å². The minimum Gasteiger partial charge on any atom is -0.487 e. The van der Waals surface area contributed by atoms with Crippen molar-refractivity contribution in [3.8, 4) is 16.9 Å². The van der Waals surface area contributed by atoms with Gasteiger partial charge in [0.25, 0.3) is 10.1 Å². The minimum atomic E-state index is -3.82. The first-order valence-corrected chi connectivity index (χ1v) is 11.6. The first kappa shape index (κ1) is 19.8. The van der Waals surface area contributed by atoms with Crippen molar-refractivity contribution in [2.75, 3.05) is 6.61 Å². The van der Waals surface area contributed by atoms with E-state index in [2.05, 4.69) is 30.3 Å². The molecule has 0 amide bonds. The second-order valence-corrected chi connectivity index (χ2v) is 9.47. The summed E-state index contributed by atoms with van der Waals surface area (Å²) in [6.07, 6.45) is 0.261. The standard InChI is InChI=1S/C26H22O4S/c1-18-9-13-24(14-10-18)31(27,28)29-17-23-16-22-7-4-8-25(26(22)30-23)21-12-11-19-5-2-3-6-20(19)15-21/h2-15,23H,16-17H2,1H3. The number of ether oxygens (including phenoxy) is 1. The van der Waals surface area contributed by atoms with Crippen LogP contribution in [0.1, 0.15) is 11.1 Å². The van der Waals surface area contributed by atoms with Crippen LogP contribution in [0.25, 0.3) is 21.9 Å². The molecule has 1 aliphatic rings. The van der Waals surface area contributed by atoms with Crippen LogP contribution in [-0.4, -0.2) is 21.1 Å². The Morgan fingerprint density at radius 3 is 2.48 bits per heavy atom. The lowest BCUT2D eigenvalue weighted by atomic mass is 9.98. The summed E-state index contributed by atoms with van der Waals surface area (Å²) < 4.78 is 36.5. The fourth-order valence-electron chi connectivity index (χ4n) is 3.95. The Hall–Kier alpha value is -3.15. The van der Waals surface area contributed by atoms with Crippen molar-refractivity contribution >= 4 is 20.9 Å². The lowest BCUT2D eigenvalue weighted by Gasteiger charge is -2.13. The predicted octanol–water partition coefficient (Wildman–Crippen LogP) is 5.52. The number of benzene rings is 4. The third-order valence-electron chi connectivity index (χ3n) is 5.61. The van der Waals surface area contributed by atoms with Gasteiger partial charge in [-0.1, -0.05) is 72.3 Å². The van der Waals surface area contributed by atoms with E-state index < -0.39 is 10.1 Å². The molecular formula is C26H22O4S. The quantitative estimate of drug-likeness (QED) is 0.391. The minimum absolute atomic E-state index is 0.0257. The summed E-state index contributed by atoms with van der Waals surface area (Å²) in [5.41, 5.74) is 4.14. The van der Waals surface area contributed by atoms with Crippen molar-refractivity contribution in [2.45, 2.75) is 24.3 Å². The summed E-state index contributed by atoms with van der Waals surface area (Å²) in [5, 5.41) is 2.35. The van der Waals surface area contributed by atoms with Gasteiger partial charge >= 0.3 is 0 Å². The van der Waals surface area contributed by atoms with Crippen LogP contribution in [0.15, 0.2) is 89.8 Å². The normalized spacial score (nSPS) is 15.6. The van der Waals surface area contributed by atoms with Crippen molar-refractivity contribution in [3.63, 3.8) is 0 Å². The molecule has 4 nitrogen and oxygen atoms in total. The Kier molecular flexibility index (Phi) is 5.00.